The number of methoxy groups -OCH3 is 1. The van der Waals surface area contributed by atoms with Crippen molar-refractivity contribution < 1.29 is 14.3 Å². The smallest absolute Gasteiger partial charge is 0.312 e. The topological polar surface area (TPSA) is 35.5 Å². The van der Waals surface area contributed by atoms with Crippen molar-refractivity contribution in [1.29, 1.82) is 0 Å². The first-order valence-electron chi connectivity index (χ1n) is 6.62. The normalized spacial score (nSPS) is 17.3. The first kappa shape index (κ1) is 12.7. The molecule has 3 rings (SSSR count). The predicted molar refractivity (Wildman–Crippen MR) is 76.3 cm³/mol. The Morgan fingerprint density at radius 1 is 1.15 bits per heavy atom. The van der Waals surface area contributed by atoms with E-state index in [1.54, 1.807) is 7.11 Å². The van der Waals surface area contributed by atoms with Gasteiger partial charge >= 0.3 is 5.97 Å². The zero-order chi connectivity index (χ0) is 14.1. The van der Waals surface area contributed by atoms with E-state index in [9.17, 15) is 4.79 Å². The largest absolute Gasteiger partial charge is 0.497 e. The van der Waals surface area contributed by atoms with Gasteiger partial charge in [0.2, 0.25) is 0 Å². The van der Waals surface area contributed by atoms with Gasteiger partial charge in [0.05, 0.1) is 13.5 Å². The molecule has 0 aromatic heterocycles. The fraction of sp³-hybridized carbons (Fsp3) is 0.235. The molecule has 1 unspecified atom stereocenters. The minimum absolute atomic E-state index is 0.0535. The molecule has 0 N–H and O–H groups in total. The highest BCUT2D eigenvalue weighted by Gasteiger charge is 2.28. The van der Waals surface area contributed by atoms with Gasteiger partial charge in [0.25, 0.3) is 0 Å². The van der Waals surface area contributed by atoms with Crippen LogP contribution >= 0.6 is 0 Å². The first-order valence-corrected chi connectivity index (χ1v) is 6.62. The lowest BCUT2D eigenvalue weighted by Crippen LogP contribution is -2.21. The van der Waals surface area contributed by atoms with Gasteiger partial charge in [-0.05, 0) is 36.2 Å². The molecule has 0 fully saturated rings. The molecule has 0 amide bonds. The summed E-state index contributed by atoms with van der Waals surface area (Å²) in [6, 6.07) is 13.9. The fourth-order valence-electron chi connectivity index (χ4n) is 2.59. The molecule has 2 aromatic carbocycles. The van der Waals surface area contributed by atoms with Crippen LogP contribution in [-0.2, 0) is 4.79 Å². The summed E-state index contributed by atoms with van der Waals surface area (Å²) in [6.45, 7) is 1.99. The molecular weight excluding hydrogens is 252 g/mol. The minimum Gasteiger partial charge on any atom is -0.497 e. The Labute approximate surface area is 118 Å². The summed E-state index contributed by atoms with van der Waals surface area (Å²) in [5.74, 6) is 1.38. The molecule has 102 valence electrons. The quantitative estimate of drug-likeness (QED) is 0.618. The molecule has 1 aliphatic heterocycles. The maximum atomic E-state index is 11.8. The number of ether oxygens (including phenoxy) is 2. The lowest BCUT2D eigenvalue weighted by atomic mass is 9.86. The second kappa shape index (κ2) is 5.00. The van der Waals surface area contributed by atoms with Crippen LogP contribution in [0.1, 0.15) is 29.0 Å². The zero-order valence-electron chi connectivity index (χ0n) is 11.6. The van der Waals surface area contributed by atoms with E-state index in [4.69, 9.17) is 9.47 Å². The van der Waals surface area contributed by atoms with Crippen molar-refractivity contribution in [2.45, 2.75) is 19.3 Å². The van der Waals surface area contributed by atoms with Crippen molar-refractivity contribution >= 4 is 5.97 Å². The average molecular weight is 268 g/mol. The summed E-state index contributed by atoms with van der Waals surface area (Å²) < 4.78 is 10.5. The Kier molecular flexibility index (Phi) is 3.18. The molecule has 0 aliphatic carbocycles. The lowest BCUT2D eigenvalue weighted by molar-refractivity contribution is -0.135. The van der Waals surface area contributed by atoms with E-state index in [1.165, 1.54) is 0 Å². The van der Waals surface area contributed by atoms with Crippen LogP contribution in [0.15, 0.2) is 42.5 Å². The number of esters is 1. The van der Waals surface area contributed by atoms with Gasteiger partial charge in [0, 0.05) is 11.5 Å². The summed E-state index contributed by atoms with van der Waals surface area (Å²) >= 11 is 0. The van der Waals surface area contributed by atoms with E-state index in [-0.39, 0.29) is 11.9 Å². The third kappa shape index (κ3) is 2.27. The molecule has 2 aromatic rings. The summed E-state index contributed by atoms with van der Waals surface area (Å²) in [5, 5.41) is 0. The van der Waals surface area contributed by atoms with Gasteiger partial charge in [-0.25, -0.2) is 0 Å². The van der Waals surface area contributed by atoms with Crippen molar-refractivity contribution in [2.75, 3.05) is 7.11 Å². The Balaban J connectivity index is 2.03. The van der Waals surface area contributed by atoms with Crippen LogP contribution in [0.2, 0.25) is 0 Å². The molecule has 0 bridgehead atoms. The molecule has 0 saturated carbocycles. The lowest BCUT2D eigenvalue weighted by Gasteiger charge is -2.25. The average Bonchev–Trinajstić information content (AvgIpc) is 2.46. The van der Waals surface area contributed by atoms with E-state index in [0.717, 1.165) is 22.4 Å². The van der Waals surface area contributed by atoms with E-state index >= 15 is 0 Å². The Hall–Kier alpha value is -2.29. The van der Waals surface area contributed by atoms with Crippen LogP contribution in [0, 0.1) is 6.92 Å². The van der Waals surface area contributed by atoms with Gasteiger partial charge in [-0.15, -0.1) is 0 Å². The van der Waals surface area contributed by atoms with Gasteiger partial charge in [0.1, 0.15) is 11.5 Å². The van der Waals surface area contributed by atoms with Crippen LogP contribution in [0.3, 0.4) is 0 Å². The summed E-state index contributed by atoms with van der Waals surface area (Å²) in [7, 11) is 1.64. The first-order chi connectivity index (χ1) is 9.67. The van der Waals surface area contributed by atoms with Crippen molar-refractivity contribution in [1.82, 2.24) is 0 Å². The maximum absolute atomic E-state index is 11.8. The van der Waals surface area contributed by atoms with Crippen LogP contribution < -0.4 is 9.47 Å². The second-order valence-corrected chi connectivity index (χ2v) is 5.05. The molecule has 0 spiro atoms. The highest BCUT2D eigenvalue weighted by atomic mass is 16.5. The zero-order valence-corrected chi connectivity index (χ0v) is 11.6. The van der Waals surface area contributed by atoms with E-state index in [1.807, 2.05) is 43.3 Å². The van der Waals surface area contributed by atoms with Crippen molar-refractivity contribution in [3.05, 3.63) is 59.2 Å². The molecular formula is C17H16O3. The predicted octanol–water partition coefficient (Wildman–Crippen LogP) is 3.44. The minimum atomic E-state index is -0.177. The monoisotopic (exact) mass is 268 g/mol. The number of rotatable bonds is 2. The third-order valence-electron chi connectivity index (χ3n) is 3.66. The summed E-state index contributed by atoms with van der Waals surface area (Å²) in [5.41, 5.74) is 3.26. The molecule has 0 radical (unpaired) electrons. The van der Waals surface area contributed by atoms with E-state index in [2.05, 4.69) is 6.07 Å². The Morgan fingerprint density at radius 3 is 2.60 bits per heavy atom. The Bertz CT molecular complexity index is 644. The van der Waals surface area contributed by atoms with Crippen LogP contribution in [0.5, 0.6) is 11.5 Å². The number of fused-ring (bicyclic) bond motifs is 1. The third-order valence-corrected chi connectivity index (χ3v) is 3.66. The molecule has 3 nitrogen and oxygen atoms in total. The van der Waals surface area contributed by atoms with Gasteiger partial charge in [-0.1, -0.05) is 24.3 Å². The van der Waals surface area contributed by atoms with E-state index in [0.29, 0.717) is 12.2 Å². The van der Waals surface area contributed by atoms with E-state index < -0.39 is 0 Å². The summed E-state index contributed by atoms with van der Waals surface area (Å²) in [4.78, 5) is 11.8. The molecule has 1 heterocycles. The van der Waals surface area contributed by atoms with Gasteiger partial charge in [0.15, 0.2) is 0 Å². The summed E-state index contributed by atoms with van der Waals surface area (Å²) in [6.07, 6.45) is 0.377. The standard InChI is InChI=1S/C17H16O3/c1-11-3-8-14-15(10-17(18)20-16(14)9-11)12-4-6-13(19-2)7-5-12/h3-9,15H,10H2,1-2H3. The Morgan fingerprint density at radius 2 is 1.90 bits per heavy atom. The fourth-order valence-corrected chi connectivity index (χ4v) is 2.59. The maximum Gasteiger partial charge on any atom is 0.312 e. The number of carbonyl (C=O) groups is 1. The number of carbonyl (C=O) groups excluding carboxylic acids is 1. The van der Waals surface area contributed by atoms with Gasteiger partial charge in [-0.2, -0.15) is 0 Å². The van der Waals surface area contributed by atoms with Crippen molar-refractivity contribution in [3.63, 3.8) is 0 Å². The number of hydrogen-bond donors (Lipinski definition) is 0. The SMILES string of the molecule is COc1ccc(C2CC(=O)Oc3cc(C)ccc32)cc1. The number of benzene rings is 2. The molecule has 1 aliphatic rings. The second-order valence-electron chi connectivity index (χ2n) is 5.05. The van der Waals surface area contributed by atoms with Crippen molar-refractivity contribution in [2.24, 2.45) is 0 Å². The molecule has 20 heavy (non-hydrogen) atoms. The van der Waals surface area contributed by atoms with Gasteiger partial charge < -0.3 is 9.47 Å². The van der Waals surface area contributed by atoms with Crippen LogP contribution in [0.4, 0.5) is 0 Å². The highest BCUT2D eigenvalue weighted by molar-refractivity contribution is 5.77. The molecule has 3 heteroatoms. The molecule has 1 atom stereocenters. The van der Waals surface area contributed by atoms with Crippen molar-refractivity contribution in [3.8, 4) is 11.5 Å². The van der Waals surface area contributed by atoms with Crippen LogP contribution in [0.25, 0.3) is 0 Å². The highest BCUT2D eigenvalue weighted by Crippen LogP contribution is 2.39. The number of hydrogen-bond acceptors (Lipinski definition) is 3. The molecule has 0 saturated heterocycles. The number of aryl methyl sites for hydroxylation is 1. The van der Waals surface area contributed by atoms with Gasteiger partial charge in [-0.3, -0.25) is 4.79 Å². The van der Waals surface area contributed by atoms with Crippen LogP contribution in [-0.4, -0.2) is 13.1 Å².